The van der Waals surface area contributed by atoms with Crippen LogP contribution < -0.4 is 9.64 Å². The van der Waals surface area contributed by atoms with Crippen LogP contribution in [0.2, 0.25) is 0 Å². The maximum absolute atomic E-state index is 14.0. The number of hydrogen-bond donors (Lipinski definition) is 1. The molecular weight excluding hydrogens is 547 g/mol. The highest BCUT2D eigenvalue weighted by atomic mass is 32.2. The second kappa shape index (κ2) is 12.8. The third-order valence-corrected chi connectivity index (χ3v) is 9.60. The first-order chi connectivity index (χ1) is 18.5. The van der Waals surface area contributed by atoms with Gasteiger partial charge in [0, 0.05) is 35.8 Å². The zero-order valence-corrected chi connectivity index (χ0v) is 23.8. The van der Waals surface area contributed by atoms with E-state index in [0.717, 1.165) is 25.7 Å². The zero-order valence-electron chi connectivity index (χ0n) is 22.2. The summed E-state index contributed by atoms with van der Waals surface area (Å²) in [6, 6.07) is 8.95. The Morgan fingerprint density at radius 3 is 2.33 bits per heavy atom. The summed E-state index contributed by atoms with van der Waals surface area (Å²) >= 11 is 1.23. The first kappa shape index (κ1) is 30.4. The average Bonchev–Trinajstić information content (AvgIpc) is 3.00. The van der Waals surface area contributed by atoms with E-state index < -0.39 is 32.0 Å². The maximum Gasteiger partial charge on any atom is 0.368 e. The van der Waals surface area contributed by atoms with Gasteiger partial charge in [0.05, 0.1) is 26.2 Å². The number of nitrogens with zero attached hydrogens (tertiary/aromatic N) is 2. The average molecular weight is 581 g/mol. The fraction of sp³-hybridized carbons (Fsp3) is 0.444. The number of rotatable bonds is 12. The molecule has 0 aromatic heterocycles. The van der Waals surface area contributed by atoms with Crippen molar-refractivity contribution in [1.29, 1.82) is 0 Å². The molecule has 9 nitrogen and oxygen atoms in total. The molecule has 0 amide bonds. The monoisotopic (exact) mass is 580 g/mol. The van der Waals surface area contributed by atoms with Gasteiger partial charge in [-0.3, -0.25) is 10.1 Å². The summed E-state index contributed by atoms with van der Waals surface area (Å²) in [6.07, 6.45) is 7.02. The van der Waals surface area contributed by atoms with E-state index in [1.807, 2.05) is 4.90 Å². The standard InChI is InChI=1S/C27H33FN2O7S2/c1-4-6-12-27(13-7-5-2)17-29(19-8-10-20(11-9-19)30(33)34)22-14-24(38-3)23(37-16-21(28)26(31)32)15-25(22)39(35,36)18-27/h8-11,14-16H,4-7,12-13,17-18H2,1-3H3,(H,31,32). The summed E-state index contributed by atoms with van der Waals surface area (Å²) in [7, 11) is -3.88. The minimum atomic E-state index is -3.88. The van der Waals surface area contributed by atoms with Gasteiger partial charge in [0.25, 0.3) is 5.69 Å². The molecule has 1 aliphatic rings. The molecule has 12 heteroatoms. The Balaban J connectivity index is 2.27. The van der Waals surface area contributed by atoms with Crippen molar-refractivity contribution in [2.75, 3.05) is 23.5 Å². The van der Waals surface area contributed by atoms with E-state index >= 15 is 0 Å². The van der Waals surface area contributed by atoms with E-state index in [4.69, 9.17) is 9.84 Å². The number of carboxylic acids is 1. The van der Waals surface area contributed by atoms with Crippen LogP contribution in [0.3, 0.4) is 0 Å². The number of nitro benzene ring substituents is 1. The van der Waals surface area contributed by atoms with E-state index in [0.29, 0.717) is 41.9 Å². The largest absolute Gasteiger partial charge is 0.476 e. The Kier molecular flexibility index (Phi) is 10.0. The molecule has 0 bridgehead atoms. The van der Waals surface area contributed by atoms with Crippen LogP contribution in [0.1, 0.15) is 52.4 Å². The molecule has 0 atom stereocenters. The van der Waals surface area contributed by atoms with Gasteiger partial charge in [-0.15, -0.1) is 11.8 Å². The molecule has 1 heterocycles. The number of non-ortho nitro benzene ring substituents is 1. The van der Waals surface area contributed by atoms with Gasteiger partial charge in [0.1, 0.15) is 12.0 Å². The van der Waals surface area contributed by atoms with Crippen molar-refractivity contribution in [2.24, 2.45) is 5.41 Å². The Morgan fingerprint density at radius 2 is 1.82 bits per heavy atom. The van der Waals surface area contributed by atoms with Crippen LogP contribution in [0.25, 0.3) is 0 Å². The first-order valence-corrected chi connectivity index (χ1v) is 15.6. The van der Waals surface area contributed by atoms with Gasteiger partial charge in [0.2, 0.25) is 5.83 Å². The number of benzene rings is 2. The lowest BCUT2D eigenvalue weighted by atomic mass is 9.79. The van der Waals surface area contributed by atoms with Crippen LogP contribution in [0.4, 0.5) is 21.5 Å². The van der Waals surface area contributed by atoms with Gasteiger partial charge in [-0.1, -0.05) is 39.5 Å². The number of ether oxygens (including phenoxy) is 1. The summed E-state index contributed by atoms with van der Waals surface area (Å²) in [6.45, 7) is 4.50. The van der Waals surface area contributed by atoms with Crippen LogP contribution in [0.15, 0.2) is 58.3 Å². The predicted octanol–water partition coefficient (Wildman–Crippen LogP) is 6.88. The number of carbonyl (C=O) groups is 1. The molecule has 0 fully saturated rings. The fourth-order valence-corrected chi connectivity index (χ4v) is 7.52. The molecule has 1 N–H and O–H groups in total. The predicted molar refractivity (Wildman–Crippen MR) is 149 cm³/mol. The van der Waals surface area contributed by atoms with Gasteiger partial charge in [-0.2, -0.15) is 4.39 Å². The van der Waals surface area contributed by atoms with Crippen LogP contribution >= 0.6 is 11.8 Å². The number of aliphatic carboxylic acids is 1. The van der Waals surface area contributed by atoms with Crippen LogP contribution in [-0.2, 0) is 14.6 Å². The molecule has 0 saturated heterocycles. The number of halogens is 1. The maximum atomic E-state index is 14.0. The van der Waals surface area contributed by atoms with Crippen molar-refractivity contribution in [3.8, 4) is 5.75 Å². The van der Waals surface area contributed by atoms with E-state index in [1.54, 1.807) is 24.5 Å². The normalized spacial score (nSPS) is 16.3. The molecule has 3 rings (SSSR count). The topological polar surface area (TPSA) is 127 Å². The lowest BCUT2D eigenvalue weighted by Crippen LogP contribution is -2.38. The summed E-state index contributed by atoms with van der Waals surface area (Å²) in [5.74, 6) is -3.41. The quantitative estimate of drug-likeness (QED) is 0.0939. The van der Waals surface area contributed by atoms with Crippen molar-refractivity contribution >= 4 is 44.6 Å². The highest BCUT2D eigenvalue weighted by Gasteiger charge is 2.42. The summed E-state index contributed by atoms with van der Waals surface area (Å²) < 4.78 is 47.0. The molecule has 0 aliphatic carbocycles. The Bertz CT molecular complexity index is 1340. The van der Waals surface area contributed by atoms with Gasteiger partial charge in [-0.25, -0.2) is 13.2 Å². The minimum absolute atomic E-state index is 0.0134. The first-order valence-electron chi connectivity index (χ1n) is 12.7. The molecule has 1 aliphatic heterocycles. The fourth-order valence-electron chi connectivity index (χ4n) is 4.87. The van der Waals surface area contributed by atoms with Gasteiger partial charge in [0.15, 0.2) is 9.84 Å². The number of carboxylic acid groups (broad SMARTS) is 1. The molecule has 2 aromatic rings. The van der Waals surface area contributed by atoms with Crippen LogP contribution in [-0.4, -0.2) is 43.0 Å². The number of anilines is 2. The highest BCUT2D eigenvalue weighted by Crippen LogP contribution is 2.48. The van der Waals surface area contributed by atoms with E-state index in [1.165, 1.54) is 30.0 Å². The lowest BCUT2D eigenvalue weighted by molar-refractivity contribution is -0.384. The SMILES string of the molecule is CCCCC1(CCCC)CN(c2ccc([N+](=O)[O-])cc2)c2cc(SC)c(OC=C(F)C(=O)O)cc2S(=O)(=O)C1. The Hall–Kier alpha value is -3.12. The number of nitro groups is 1. The highest BCUT2D eigenvalue weighted by molar-refractivity contribution is 7.98. The number of sulfone groups is 1. The Labute approximate surface area is 232 Å². The van der Waals surface area contributed by atoms with Crippen molar-refractivity contribution < 1.29 is 32.4 Å². The molecule has 212 valence electrons. The third-order valence-electron chi connectivity index (χ3n) is 6.85. The van der Waals surface area contributed by atoms with Crippen molar-refractivity contribution in [2.45, 2.75) is 62.2 Å². The second-order valence-corrected chi connectivity index (χ2v) is 12.5. The number of unbranched alkanes of at least 4 members (excludes halogenated alkanes) is 2. The smallest absolute Gasteiger partial charge is 0.368 e. The van der Waals surface area contributed by atoms with E-state index in [-0.39, 0.29) is 22.1 Å². The summed E-state index contributed by atoms with van der Waals surface area (Å²) in [5.41, 5.74) is 0.332. The lowest BCUT2D eigenvalue weighted by Gasteiger charge is -2.37. The molecule has 39 heavy (non-hydrogen) atoms. The van der Waals surface area contributed by atoms with E-state index in [9.17, 15) is 27.7 Å². The molecule has 0 radical (unpaired) electrons. The van der Waals surface area contributed by atoms with Crippen LogP contribution in [0, 0.1) is 15.5 Å². The number of fused-ring (bicyclic) bond motifs is 1. The summed E-state index contributed by atoms with van der Waals surface area (Å²) in [4.78, 5) is 24.0. The summed E-state index contributed by atoms with van der Waals surface area (Å²) in [5, 5.41) is 20.1. The minimum Gasteiger partial charge on any atom is -0.476 e. The van der Waals surface area contributed by atoms with Crippen molar-refractivity contribution in [3.63, 3.8) is 0 Å². The van der Waals surface area contributed by atoms with Crippen molar-refractivity contribution in [1.82, 2.24) is 0 Å². The Morgan fingerprint density at radius 1 is 1.21 bits per heavy atom. The van der Waals surface area contributed by atoms with E-state index in [2.05, 4.69) is 13.8 Å². The molecule has 0 unspecified atom stereocenters. The van der Waals surface area contributed by atoms with Crippen LogP contribution in [0.5, 0.6) is 5.75 Å². The van der Waals surface area contributed by atoms with Gasteiger partial charge in [-0.05, 0) is 37.3 Å². The molecular formula is C27H33FN2O7S2. The number of thioether (sulfide) groups is 1. The third kappa shape index (κ3) is 7.10. The molecule has 0 saturated carbocycles. The van der Waals surface area contributed by atoms with Gasteiger partial charge >= 0.3 is 5.97 Å². The zero-order chi connectivity index (χ0) is 28.8. The second-order valence-electron chi connectivity index (χ2n) is 9.69. The number of hydrogen-bond acceptors (Lipinski definition) is 8. The molecule has 2 aromatic carbocycles. The molecule has 0 spiro atoms. The van der Waals surface area contributed by atoms with Gasteiger partial charge < -0.3 is 14.7 Å². The van der Waals surface area contributed by atoms with Crippen molar-refractivity contribution in [3.05, 3.63) is 58.6 Å².